The molecule has 3 rings (SSSR count). The summed E-state index contributed by atoms with van der Waals surface area (Å²) in [6, 6.07) is 7.12. The summed E-state index contributed by atoms with van der Waals surface area (Å²) in [6.07, 6.45) is 3.31. The number of nitrogens with zero attached hydrogens (tertiary/aromatic N) is 3. The molecule has 1 aliphatic carbocycles. The maximum atomic E-state index is 13.1. The fraction of sp³-hybridized carbons (Fsp3) is 0.467. The van der Waals surface area contributed by atoms with Crippen LogP contribution in [0.4, 0.5) is 9.52 Å². The van der Waals surface area contributed by atoms with Crippen LogP contribution in [-0.4, -0.2) is 16.4 Å². The molecule has 0 spiro atoms. The fourth-order valence-corrected chi connectivity index (χ4v) is 3.28. The summed E-state index contributed by atoms with van der Waals surface area (Å²) in [5.41, 5.74) is 1.16. The molecule has 0 aliphatic heterocycles. The lowest BCUT2D eigenvalue weighted by molar-refractivity contribution is 0.585. The zero-order valence-electron chi connectivity index (χ0n) is 11.7. The minimum atomic E-state index is -0.185. The van der Waals surface area contributed by atoms with Crippen molar-refractivity contribution < 1.29 is 4.39 Å². The third-order valence-corrected chi connectivity index (χ3v) is 4.62. The third-order valence-electron chi connectivity index (χ3n) is 3.77. The first-order chi connectivity index (χ1) is 9.69. The number of benzene rings is 1. The Hall–Kier alpha value is -1.49. The second-order valence-corrected chi connectivity index (χ2v) is 6.02. The zero-order valence-corrected chi connectivity index (χ0v) is 12.5. The van der Waals surface area contributed by atoms with E-state index < -0.39 is 0 Å². The van der Waals surface area contributed by atoms with Gasteiger partial charge in [-0.3, -0.25) is 0 Å². The van der Waals surface area contributed by atoms with E-state index in [1.165, 1.54) is 36.5 Å². The Balaban J connectivity index is 1.88. The first-order valence-electron chi connectivity index (χ1n) is 7.00. The molecule has 1 unspecified atom stereocenters. The average molecular weight is 291 g/mol. The third kappa shape index (κ3) is 2.68. The van der Waals surface area contributed by atoms with Gasteiger partial charge in [-0.2, -0.15) is 4.37 Å². The van der Waals surface area contributed by atoms with Crippen molar-refractivity contribution in [1.82, 2.24) is 9.36 Å². The number of hydrogen-bond donors (Lipinski definition) is 0. The standard InChI is InChI=1S/C15H18FN3S/c1-3-13-17-15(20-18-13)19(2)14(10-4-5-10)11-6-8-12(16)9-7-11/h6-10,14H,3-5H2,1-2H3. The molecule has 106 valence electrons. The van der Waals surface area contributed by atoms with Crippen molar-refractivity contribution in [3.05, 3.63) is 41.5 Å². The first-order valence-corrected chi connectivity index (χ1v) is 7.77. The van der Waals surface area contributed by atoms with Gasteiger partial charge in [-0.1, -0.05) is 19.1 Å². The minimum absolute atomic E-state index is 0.185. The van der Waals surface area contributed by atoms with Crippen LogP contribution in [0.5, 0.6) is 0 Å². The van der Waals surface area contributed by atoms with Crippen LogP contribution in [-0.2, 0) is 6.42 Å². The Labute approximate surface area is 122 Å². The molecule has 1 saturated carbocycles. The molecule has 5 heteroatoms. The average Bonchev–Trinajstić information content (AvgIpc) is 3.17. The molecule has 1 atom stereocenters. The van der Waals surface area contributed by atoms with Crippen molar-refractivity contribution in [2.24, 2.45) is 5.92 Å². The van der Waals surface area contributed by atoms with E-state index in [9.17, 15) is 4.39 Å². The highest BCUT2D eigenvalue weighted by molar-refractivity contribution is 7.09. The number of anilines is 1. The fourth-order valence-electron chi connectivity index (χ4n) is 2.53. The molecule has 3 nitrogen and oxygen atoms in total. The lowest BCUT2D eigenvalue weighted by Crippen LogP contribution is -2.25. The van der Waals surface area contributed by atoms with Crippen LogP contribution in [0.2, 0.25) is 0 Å². The highest BCUT2D eigenvalue weighted by atomic mass is 32.1. The Morgan fingerprint density at radius 3 is 2.60 bits per heavy atom. The van der Waals surface area contributed by atoms with Crippen molar-refractivity contribution >= 4 is 16.7 Å². The summed E-state index contributed by atoms with van der Waals surface area (Å²) in [6.45, 7) is 2.06. The summed E-state index contributed by atoms with van der Waals surface area (Å²) < 4.78 is 17.5. The van der Waals surface area contributed by atoms with Crippen LogP contribution in [0.1, 0.15) is 37.2 Å². The number of hydrogen-bond acceptors (Lipinski definition) is 4. The molecule has 1 heterocycles. The molecule has 0 N–H and O–H groups in total. The number of halogens is 1. The van der Waals surface area contributed by atoms with Crippen molar-refractivity contribution in [1.29, 1.82) is 0 Å². The van der Waals surface area contributed by atoms with Gasteiger partial charge in [0.2, 0.25) is 5.13 Å². The van der Waals surface area contributed by atoms with Gasteiger partial charge in [0, 0.05) is 25.0 Å². The quantitative estimate of drug-likeness (QED) is 0.838. The van der Waals surface area contributed by atoms with E-state index in [2.05, 4.69) is 28.2 Å². The summed E-state index contributed by atoms with van der Waals surface area (Å²) in [7, 11) is 2.06. The second kappa shape index (κ2) is 5.48. The molecule has 2 aromatic rings. The van der Waals surface area contributed by atoms with Gasteiger partial charge in [-0.15, -0.1) is 0 Å². The van der Waals surface area contributed by atoms with Gasteiger partial charge in [0.25, 0.3) is 0 Å². The van der Waals surface area contributed by atoms with Crippen LogP contribution in [0, 0.1) is 11.7 Å². The maximum Gasteiger partial charge on any atom is 0.205 e. The normalized spacial score (nSPS) is 16.1. The predicted molar refractivity (Wildman–Crippen MR) is 79.6 cm³/mol. The predicted octanol–water partition coefficient (Wildman–Crippen LogP) is 3.83. The molecule has 1 fully saturated rings. The van der Waals surface area contributed by atoms with Crippen LogP contribution >= 0.6 is 11.5 Å². The van der Waals surface area contributed by atoms with Gasteiger partial charge in [0.15, 0.2) is 0 Å². The van der Waals surface area contributed by atoms with Crippen molar-refractivity contribution in [2.75, 3.05) is 11.9 Å². The maximum absolute atomic E-state index is 13.1. The molecule has 0 amide bonds. The van der Waals surface area contributed by atoms with E-state index in [1.807, 2.05) is 12.1 Å². The molecule has 0 saturated heterocycles. The van der Waals surface area contributed by atoms with Gasteiger partial charge >= 0.3 is 0 Å². The van der Waals surface area contributed by atoms with E-state index in [1.54, 1.807) is 0 Å². The second-order valence-electron chi connectivity index (χ2n) is 5.29. The smallest absolute Gasteiger partial charge is 0.205 e. The summed E-state index contributed by atoms with van der Waals surface area (Å²) in [5, 5.41) is 0.947. The molecule has 1 aromatic carbocycles. The van der Waals surface area contributed by atoms with Crippen molar-refractivity contribution in [3.63, 3.8) is 0 Å². The topological polar surface area (TPSA) is 29.0 Å². The van der Waals surface area contributed by atoms with Crippen LogP contribution in [0.3, 0.4) is 0 Å². The molecule has 0 bridgehead atoms. The van der Waals surface area contributed by atoms with Gasteiger partial charge < -0.3 is 4.90 Å². The molecular weight excluding hydrogens is 273 g/mol. The van der Waals surface area contributed by atoms with Crippen LogP contribution in [0.25, 0.3) is 0 Å². The Morgan fingerprint density at radius 1 is 1.35 bits per heavy atom. The minimum Gasteiger partial charge on any atom is -0.343 e. The van der Waals surface area contributed by atoms with E-state index in [4.69, 9.17) is 0 Å². The molecule has 1 aromatic heterocycles. The van der Waals surface area contributed by atoms with Crippen molar-refractivity contribution in [2.45, 2.75) is 32.2 Å². The van der Waals surface area contributed by atoms with Crippen LogP contribution < -0.4 is 4.90 Å². The Morgan fingerprint density at radius 2 is 2.05 bits per heavy atom. The molecule has 20 heavy (non-hydrogen) atoms. The Bertz CT molecular complexity index is 577. The van der Waals surface area contributed by atoms with Gasteiger partial charge in [-0.25, -0.2) is 9.37 Å². The van der Waals surface area contributed by atoms with Gasteiger partial charge in [0.05, 0.1) is 6.04 Å². The summed E-state index contributed by atoms with van der Waals surface area (Å²) in [4.78, 5) is 6.76. The largest absolute Gasteiger partial charge is 0.343 e. The SMILES string of the molecule is CCc1nsc(N(C)C(c2ccc(F)cc2)C2CC2)n1. The van der Waals surface area contributed by atoms with Crippen molar-refractivity contribution in [3.8, 4) is 0 Å². The molecular formula is C15H18FN3S. The first kappa shape index (κ1) is 13.5. The Kier molecular flexibility index (Phi) is 3.70. The highest BCUT2D eigenvalue weighted by Crippen LogP contribution is 2.45. The lowest BCUT2D eigenvalue weighted by Gasteiger charge is -2.28. The van der Waals surface area contributed by atoms with Crippen LogP contribution in [0.15, 0.2) is 24.3 Å². The van der Waals surface area contributed by atoms with Gasteiger partial charge in [0.1, 0.15) is 11.6 Å². The summed E-state index contributed by atoms with van der Waals surface area (Å²) >= 11 is 1.44. The number of aromatic nitrogens is 2. The number of aryl methyl sites for hydroxylation is 1. The monoisotopic (exact) mass is 291 g/mol. The lowest BCUT2D eigenvalue weighted by atomic mass is 10.0. The molecule has 1 aliphatic rings. The highest BCUT2D eigenvalue weighted by Gasteiger charge is 2.36. The van der Waals surface area contributed by atoms with Gasteiger partial charge in [-0.05, 0) is 36.5 Å². The van der Waals surface area contributed by atoms with E-state index >= 15 is 0 Å². The zero-order chi connectivity index (χ0) is 14.1. The van der Waals surface area contributed by atoms with E-state index in [-0.39, 0.29) is 11.9 Å². The van der Waals surface area contributed by atoms with E-state index in [0.29, 0.717) is 5.92 Å². The summed E-state index contributed by atoms with van der Waals surface area (Å²) in [5.74, 6) is 1.35. The molecule has 0 radical (unpaired) electrons. The van der Waals surface area contributed by atoms with E-state index in [0.717, 1.165) is 22.9 Å². The number of rotatable bonds is 5.